The fourth-order valence-corrected chi connectivity index (χ4v) is 2.27. The second-order valence-corrected chi connectivity index (χ2v) is 4.93. The Balaban J connectivity index is 2.27. The predicted molar refractivity (Wildman–Crippen MR) is 70.3 cm³/mol. The quantitative estimate of drug-likeness (QED) is 0.794. The molecule has 0 atom stereocenters. The van der Waals surface area contributed by atoms with Crippen molar-refractivity contribution in [2.75, 3.05) is 0 Å². The molecular weight excluding hydrogens is 299 g/mol. The van der Waals surface area contributed by atoms with Gasteiger partial charge in [-0.2, -0.15) is 0 Å². The molecular formula is C14H12BrFO2. The van der Waals surface area contributed by atoms with Gasteiger partial charge in [0, 0.05) is 6.42 Å². The number of benzene rings is 1. The van der Waals surface area contributed by atoms with E-state index in [4.69, 9.17) is 4.42 Å². The van der Waals surface area contributed by atoms with Gasteiger partial charge in [-0.3, -0.25) is 4.79 Å². The molecule has 0 amide bonds. The Morgan fingerprint density at radius 3 is 2.72 bits per heavy atom. The molecule has 94 valence electrons. The lowest BCUT2D eigenvalue weighted by atomic mass is 10.0. The first-order chi connectivity index (χ1) is 8.49. The monoisotopic (exact) mass is 310 g/mol. The molecule has 2 rings (SSSR count). The number of aryl methyl sites for hydroxylation is 2. The van der Waals surface area contributed by atoms with E-state index in [1.807, 2.05) is 0 Å². The lowest BCUT2D eigenvalue weighted by molar-refractivity contribution is 0.0991. The molecule has 0 fully saturated rings. The zero-order chi connectivity index (χ0) is 13.3. The lowest BCUT2D eigenvalue weighted by Gasteiger charge is -2.04. The number of Topliss-reactive ketones (excluding diaryl/α,β-unsaturated/α-hetero) is 1. The number of ketones is 1. The van der Waals surface area contributed by atoms with E-state index in [0.717, 1.165) is 0 Å². The highest BCUT2D eigenvalue weighted by atomic mass is 79.9. The van der Waals surface area contributed by atoms with Crippen LogP contribution in [-0.2, 0) is 6.42 Å². The van der Waals surface area contributed by atoms with E-state index >= 15 is 0 Å². The van der Waals surface area contributed by atoms with Gasteiger partial charge in [0.25, 0.3) is 0 Å². The maximum absolute atomic E-state index is 13.3. The van der Waals surface area contributed by atoms with Crippen LogP contribution in [0.15, 0.2) is 33.2 Å². The minimum atomic E-state index is -0.361. The maximum atomic E-state index is 13.3. The van der Waals surface area contributed by atoms with Crippen molar-refractivity contribution in [3.05, 3.63) is 57.2 Å². The first-order valence-corrected chi connectivity index (χ1v) is 6.31. The second kappa shape index (κ2) is 5.06. The number of rotatable bonds is 3. The minimum Gasteiger partial charge on any atom is -0.466 e. The van der Waals surface area contributed by atoms with Gasteiger partial charge < -0.3 is 4.42 Å². The third kappa shape index (κ3) is 2.53. The zero-order valence-corrected chi connectivity index (χ0v) is 11.7. The van der Waals surface area contributed by atoms with Gasteiger partial charge >= 0.3 is 0 Å². The summed E-state index contributed by atoms with van der Waals surface area (Å²) < 4.78 is 19.0. The van der Waals surface area contributed by atoms with Crippen molar-refractivity contribution in [1.29, 1.82) is 0 Å². The first kappa shape index (κ1) is 13.0. The minimum absolute atomic E-state index is 0.0735. The van der Waals surface area contributed by atoms with E-state index in [1.165, 1.54) is 6.07 Å². The molecule has 1 heterocycles. The maximum Gasteiger partial charge on any atom is 0.170 e. The molecule has 1 aromatic heterocycles. The molecule has 0 unspecified atom stereocenters. The van der Waals surface area contributed by atoms with E-state index in [2.05, 4.69) is 15.9 Å². The van der Waals surface area contributed by atoms with Crippen molar-refractivity contribution in [3.63, 3.8) is 0 Å². The van der Waals surface area contributed by atoms with Crippen LogP contribution < -0.4 is 0 Å². The number of carbonyl (C=O) groups excluding carboxylic acids is 1. The van der Waals surface area contributed by atoms with Gasteiger partial charge in [0.05, 0.1) is 10.0 Å². The molecule has 0 saturated heterocycles. The van der Waals surface area contributed by atoms with Gasteiger partial charge in [-0.1, -0.05) is 12.1 Å². The molecule has 1 aromatic carbocycles. The Bertz CT molecular complexity index is 602. The summed E-state index contributed by atoms with van der Waals surface area (Å²) in [4.78, 5) is 12.1. The van der Waals surface area contributed by atoms with Crippen LogP contribution in [0.1, 0.15) is 27.4 Å². The van der Waals surface area contributed by atoms with Gasteiger partial charge in [0.15, 0.2) is 5.78 Å². The highest BCUT2D eigenvalue weighted by Gasteiger charge is 2.16. The summed E-state index contributed by atoms with van der Waals surface area (Å²) in [5, 5.41) is 0. The van der Waals surface area contributed by atoms with Crippen LogP contribution in [0.5, 0.6) is 0 Å². The van der Waals surface area contributed by atoms with Crippen LogP contribution in [0.4, 0.5) is 4.39 Å². The molecule has 0 radical (unpaired) electrons. The SMILES string of the molecule is Cc1cc(C(=O)Cc2cccc(F)c2Br)c(C)o1. The molecule has 18 heavy (non-hydrogen) atoms. The smallest absolute Gasteiger partial charge is 0.170 e. The van der Waals surface area contributed by atoms with Crippen LogP contribution >= 0.6 is 15.9 Å². The van der Waals surface area contributed by atoms with Gasteiger partial charge in [-0.05, 0) is 47.5 Å². The van der Waals surface area contributed by atoms with Crippen molar-refractivity contribution in [2.24, 2.45) is 0 Å². The average molecular weight is 311 g/mol. The number of hydrogen-bond acceptors (Lipinski definition) is 2. The van der Waals surface area contributed by atoms with Crippen molar-refractivity contribution < 1.29 is 13.6 Å². The largest absolute Gasteiger partial charge is 0.466 e. The van der Waals surface area contributed by atoms with Crippen molar-refractivity contribution >= 4 is 21.7 Å². The highest BCUT2D eigenvalue weighted by molar-refractivity contribution is 9.10. The van der Waals surface area contributed by atoms with Crippen LogP contribution in [-0.4, -0.2) is 5.78 Å². The van der Waals surface area contributed by atoms with E-state index < -0.39 is 0 Å². The number of furan rings is 1. The van der Waals surface area contributed by atoms with Crippen LogP contribution in [0, 0.1) is 19.7 Å². The normalized spacial score (nSPS) is 10.7. The van der Waals surface area contributed by atoms with Gasteiger partial charge in [-0.25, -0.2) is 4.39 Å². The van der Waals surface area contributed by atoms with E-state index in [9.17, 15) is 9.18 Å². The van der Waals surface area contributed by atoms with E-state index in [-0.39, 0.29) is 18.0 Å². The molecule has 2 aromatic rings. The average Bonchev–Trinajstić information content (AvgIpc) is 2.64. The summed E-state index contributed by atoms with van der Waals surface area (Å²) in [6, 6.07) is 6.39. The fourth-order valence-electron chi connectivity index (χ4n) is 1.86. The summed E-state index contributed by atoms with van der Waals surface area (Å²) in [5.41, 5.74) is 1.20. The Hall–Kier alpha value is -1.42. The van der Waals surface area contributed by atoms with Gasteiger partial charge in [0.2, 0.25) is 0 Å². The summed E-state index contributed by atoms with van der Waals surface area (Å²) in [6.07, 6.45) is 0.151. The molecule has 0 aliphatic heterocycles. The van der Waals surface area contributed by atoms with Crippen LogP contribution in [0.3, 0.4) is 0 Å². The van der Waals surface area contributed by atoms with E-state index in [1.54, 1.807) is 32.0 Å². The lowest BCUT2D eigenvalue weighted by Crippen LogP contribution is -2.05. The van der Waals surface area contributed by atoms with Crippen molar-refractivity contribution in [2.45, 2.75) is 20.3 Å². The Morgan fingerprint density at radius 1 is 1.39 bits per heavy atom. The van der Waals surface area contributed by atoms with Crippen LogP contribution in [0.25, 0.3) is 0 Å². The summed E-state index contributed by atoms with van der Waals surface area (Å²) in [7, 11) is 0. The van der Waals surface area contributed by atoms with Crippen molar-refractivity contribution in [1.82, 2.24) is 0 Å². The van der Waals surface area contributed by atoms with Gasteiger partial charge in [0.1, 0.15) is 17.3 Å². The molecule has 0 N–H and O–H groups in total. The fraction of sp³-hybridized carbons (Fsp3) is 0.214. The Kier molecular flexibility index (Phi) is 3.66. The summed E-state index contributed by atoms with van der Waals surface area (Å²) in [6.45, 7) is 3.54. The predicted octanol–water partition coefficient (Wildman–Crippen LogP) is 4.22. The standard InChI is InChI=1S/C14H12BrFO2/c1-8-6-11(9(2)18-8)13(17)7-10-4-3-5-12(16)14(10)15/h3-6H,7H2,1-2H3. The second-order valence-electron chi connectivity index (χ2n) is 4.14. The number of carbonyl (C=O) groups is 1. The molecule has 0 spiro atoms. The molecule has 0 saturated carbocycles. The highest BCUT2D eigenvalue weighted by Crippen LogP contribution is 2.23. The summed E-state index contributed by atoms with van der Waals surface area (Å²) in [5.74, 6) is 0.871. The molecule has 0 aliphatic carbocycles. The molecule has 4 heteroatoms. The number of hydrogen-bond donors (Lipinski definition) is 0. The third-order valence-corrected chi connectivity index (χ3v) is 3.61. The number of halogens is 2. The molecule has 2 nitrogen and oxygen atoms in total. The van der Waals surface area contributed by atoms with E-state index in [0.29, 0.717) is 27.1 Å². The van der Waals surface area contributed by atoms with Crippen LogP contribution in [0.2, 0.25) is 0 Å². The Morgan fingerprint density at radius 2 is 2.11 bits per heavy atom. The topological polar surface area (TPSA) is 30.2 Å². The molecule has 0 aliphatic rings. The van der Waals surface area contributed by atoms with Crippen molar-refractivity contribution in [3.8, 4) is 0 Å². The van der Waals surface area contributed by atoms with Gasteiger partial charge in [-0.15, -0.1) is 0 Å². The Labute approximate surface area is 113 Å². The first-order valence-electron chi connectivity index (χ1n) is 5.52. The molecule has 0 bridgehead atoms. The zero-order valence-electron chi connectivity index (χ0n) is 10.1. The summed E-state index contributed by atoms with van der Waals surface area (Å²) >= 11 is 3.15. The third-order valence-electron chi connectivity index (χ3n) is 2.72.